The van der Waals surface area contributed by atoms with Crippen molar-refractivity contribution < 1.29 is 5.11 Å². The number of hydrogen-bond donors (Lipinski definition) is 2. The summed E-state index contributed by atoms with van der Waals surface area (Å²) in [6, 6.07) is 8.59. The highest BCUT2D eigenvalue weighted by Crippen LogP contribution is 2.22. The molecule has 2 heteroatoms. The highest BCUT2D eigenvalue weighted by atomic mass is 16.3. The van der Waals surface area contributed by atoms with Crippen LogP contribution in [0.5, 0.6) is 0 Å². The molecule has 0 radical (unpaired) electrons. The van der Waals surface area contributed by atoms with E-state index in [1.807, 2.05) is 0 Å². The normalized spacial score (nSPS) is 26.3. The van der Waals surface area contributed by atoms with Crippen molar-refractivity contribution in [2.45, 2.75) is 44.8 Å². The van der Waals surface area contributed by atoms with E-state index in [9.17, 15) is 5.11 Å². The molecule has 15 heavy (non-hydrogen) atoms. The Morgan fingerprint density at radius 2 is 1.80 bits per heavy atom. The summed E-state index contributed by atoms with van der Waals surface area (Å²) in [6.45, 7) is 2.08. The summed E-state index contributed by atoms with van der Waals surface area (Å²) in [4.78, 5) is 0. The first-order valence-corrected chi connectivity index (χ1v) is 5.77. The molecule has 0 bridgehead atoms. The molecular formula is C13H19NO. The smallest absolute Gasteiger partial charge is 0.0741 e. The Kier molecular flexibility index (Phi) is 3.27. The summed E-state index contributed by atoms with van der Waals surface area (Å²) in [6.07, 6.45) is 4.21. The molecule has 2 rings (SSSR count). The van der Waals surface area contributed by atoms with E-state index in [-0.39, 0.29) is 12.1 Å². The fourth-order valence-electron chi connectivity index (χ4n) is 2.14. The van der Waals surface area contributed by atoms with Crippen LogP contribution in [-0.4, -0.2) is 17.3 Å². The molecule has 1 fully saturated rings. The number of aliphatic hydroxyl groups excluding tert-OH is 1. The summed E-state index contributed by atoms with van der Waals surface area (Å²) in [7, 11) is 0. The van der Waals surface area contributed by atoms with Crippen LogP contribution in [0.25, 0.3) is 0 Å². The molecule has 2 atom stereocenters. The van der Waals surface area contributed by atoms with Crippen LogP contribution in [0.1, 0.15) is 31.2 Å². The molecular weight excluding hydrogens is 186 g/mol. The first-order chi connectivity index (χ1) is 7.25. The summed E-state index contributed by atoms with van der Waals surface area (Å²) in [5.41, 5.74) is 2.39. The van der Waals surface area contributed by atoms with Gasteiger partial charge in [-0.1, -0.05) is 30.5 Å². The van der Waals surface area contributed by atoms with E-state index in [2.05, 4.69) is 36.5 Å². The second-order valence-electron chi connectivity index (χ2n) is 4.47. The predicted octanol–water partition coefficient (Wildman–Crippen LogP) is 2.71. The van der Waals surface area contributed by atoms with Crippen molar-refractivity contribution in [1.29, 1.82) is 0 Å². The Labute approximate surface area is 91.3 Å². The SMILES string of the molecule is Cc1ccc(N[C@@H]2CCCC[C@@H]2O)cc1. The van der Waals surface area contributed by atoms with Crippen molar-refractivity contribution >= 4 is 5.69 Å². The van der Waals surface area contributed by atoms with E-state index < -0.39 is 0 Å². The van der Waals surface area contributed by atoms with Crippen LogP contribution in [0.2, 0.25) is 0 Å². The van der Waals surface area contributed by atoms with Gasteiger partial charge in [0.15, 0.2) is 0 Å². The average Bonchev–Trinajstić information content (AvgIpc) is 2.25. The lowest BCUT2D eigenvalue weighted by molar-refractivity contribution is 0.116. The van der Waals surface area contributed by atoms with Gasteiger partial charge in [0.1, 0.15) is 0 Å². The molecule has 2 nitrogen and oxygen atoms in total. The molecule has 0 heterocycles. The van der Waals surface area contributed by atoms with Gasteiger partial charge in [-0.2, -0.15) is 0 Å². The van der Waals surface area contributed by atoms with Crippen molar-refractivity contribution in [1.82, 2.24) is 0 Å². The standard InChI is InChI=1S/C13H19NO/c1-10-6-8-11(9-7-10)14-12-4-2-3-5-13(12)15/h6-9,12-15H,2-5H2,1H3/t12-,13+/m1/s1. The third-order valence-electron chi connectivity index (χ3n) is 3.13. The first-order valence-electron chi connectivity index (χ1n) is 5.77. The molecule has 1 aromatic carbocycles. The largest absolute Gasteiger partial charge is 0.391 e. The highest BCUT2D eigenvalue weighted by molar-refractivity contribution is 5.45. The maximum atomic E-state index is 9.82. The number of rotatable bonds is 2. The third-order valence-corrected chi connectivity index (χ3v) is 3.13. The quantitative estimate of drug-likeness (QED) is 0.778. The van der Waals surface area contributed by atoms with E-state index in [0.29, 0.717) is 0 Å². The van der Waals surface area contributed by atoms with E-state index in [1.165, 1.54) is 12.0 Å². The summed E-state index contributed by atoms with van der Waals surface area (Å²) in [5.74, 6) is 0. The minimum atomic E-state index is -0.181. The molecule has 0 amide bonds. The fourth-order valence-corrected chi connectivity index (χ4v) is 2.14. The molecule has 1 aromatic rings. The second kappa shape index (κ2) is 4.67. The van der Waals surface area contributed by atoms with Crippen molar-refractivity contribution in [3.63, 3.8) is 0 Å². The lowest BCUT2D eigenvalue weighted by Crippen LogP contribution is -2.36. The van der Waals surface area contributed by atoms with Crippen LogP contribution in [-0.2, 0) is 0 Å². The average molecular weight is 205 g/mol. The molecule has 0 aliphatic heterocycles. The molecule has 82 valence electrons. The maximum absolute atomic E-state index is 9.82. The van der Waals surface area contributed by atoms with Gasteiger partial charge >= 0.3 is 0 Å². The van der Waals surface area contributed by atoms with Crippen LogP contribution >= 0.6 is 0 Å². The number of benzene rings is 1. The zero-order chi connectivity index (χ0) is 10.7. The van der Waals surface area contributed by atoms with Crippen LogP contribution in [0, 0.1) is 6.92 Å². The first kappa shape index (κ1) is 10.5. The summed E-state index contributed by atoms with van der Waals surface area (Å²) >= 11 is 0. The minimum absolute atomic E-state index is 0.181. The molecule has 1 aliphatic rings. The maximum Gasteiger partial charge on any atom is 0.0741 e. The topological polar surface area (TPSA) is 32.3 Å². The van der Waals surface area contributed by atoms with Crippen molar-refractivity contribution in [3.05, 3.63) is 29.8 Å². The van der Waals surface area contributed by atoms with Gasteiger partial charge in [-0.15, -0.1) is 0 Å². The van der Waals surface area contributed by atoms with E-state index >= 15 is 0 Å². The van der Waals surface area contributed by atoms with E-state index in [1.54, 1.807) is 0 Å². The Morgan fingerprint density at radius 3 is 2.47 bits per heavy atom. The predicted molar refractivity (Wildman–Crippen MR) is 63.1 cm³/mol. The molecule has 1 aliphatic carbocycles. The lowest BCUT2D eigenvalue weighted by atomic mass is 9.92. The summed E-state index contributed by atoms with van der Waals surface area (Å²) < 4.78 is 0. The van der Waals surface area contributed by atoms with Crippen LogP contribution < -0.4 is 5.32 Å². The monoisotopic (exact) mass is 205 g/mol. The number of hydrogen-bond acceptors (Lipinski definition) is 2. The van der Waals surface area contributed by atoms with Gasteiger partial charge in [0.25, 0.3) is 0 Å². The second-order valence-corrected chi connectivity index (χ2v) is 4.47. The molecule has 0 unspecified atom stereocenters. The van der Waals surface area contributed by atoms with Gasteiger partial charge in [0, 0.05) is 5.69 Å². The van der Waals surface area contributed by atoms with E-state index in [4.69, 9.17) is 0 Å². The Balaban J connectivity index is 1.98. The Hall–Kier alpha value is -1.02. The molecule has 2 N–H and O–H groups in total. The lowest BCUT2D eigenvalue weighted by Gasteiger charge is -2.29. The fraction of sp³-hybridized carbons (Fsp3) is 0.538. The number of anilines is 1. The highest BCUT2D eigenvalue weighted by Gasteiger charge is 2.22. The van der Waals surface area contributed by atoms with Gasteiger partial charge in [0.05, 0.1) is 12.1 Å². The Morgan fingerprint density at radius 1 is 1.13 bits per heavy atom. The van der Waals surface area contributed by atoms with Gasteiger partial charge in [-0.05, 0) is 31.9 Å². The molecule has 0 aromatic heterocycles. The van der Waals surface area contributed by atoms with Gasteiger partial charge in [-0.25, -0.2) is 0 Å². The van der Waals surface area contributed by atoms with Gasteiger partial charge in [-0.3, -0.25) is 0 Å². The third kappa shape index (κ3) is 2.72. The summed E-state index contributed by atoms with van der Waals surface area (Å²) in [5, 5.41) is 13.2. The molecule has 1 saturated carbocycles. The molecule has 0 saturated heterocycles. The number of aryl methyl sites for hydroxylation is 1. The number of aliphatic hydroxyl groups is 1. The molecule has 0 spiro atoms. The van der Waals surface area contributed by atoms with Crippen LogP contribution in [0.3, 0.4) is 0 Å². The minimum Gasteiger partial charge on any atom is -0.391 e. The Bertz CT molecular complexity index is 307. The van der Waals surface area contributed by atoms with Crippen molar-refractivity contribution in [2.24, 2.45) is 0 Å². The van der Waals surface area contributed by atoms with Crippen molar-refractivity contribution in [2.75, 3.05) is 5.32 Å². The van der Waals surface area contributed by atoms with E-state index in [0.717, 1.165) is 24.9 Å². The van der Waals surface area contributed by atoms with Crippen LogP contribution in [0.15, 0.2) is 24.3 Å². The van der Waals surface area contributed by atoms with Crippen molar-refractivity contribution in [3.8, 4) is 0 Å². The zero-order valence-electron chi connectivity index (χ0n) is 9.24. The number of nitrogens with one attached hydrogen (secondary N) is 1. The van der Waals surface area contributed by atoms with Crippen LogP contribution in [0.4, 0.5) is 5.69 Å². The van der Waals surface area contributed by atoms with Gasteiger partial charge < -0.3 is 10.4 Å². The van der Waals surface area contributed by atoms with Gasteiger partial charge in [0.2, 0.25) is 0 Å². The zero-order valence-corrected chi connectivity index (χ0v) is 9.24.